The zero-order chi connectivity index (χ0) is 13.0. The Hall–Kier alpha value is -0.0800. The second-order valence-corrected chi connectivity index (χ2v) is 7.39. The van der Waals surface area contributed by atoms with Crippen molar-refractivity contribution >= 4 is 0 Å². The average Bonchev–Trinajstić information content (AvgIpc) is 2.80. The summed E-state index contributed by atoms with van der Waals surface area (Å²) in [6.07, 6.45) is 11.5. The maximum Gasteiger partial charge on any atom is 0.0667 e. The highest BCUT2D eigenvalue weighted by atomic mass is 16.3. The summed E-state index contributed by atoms with van der Waals surface area (Å²) in [5.41, 5.74) is 0.542. The fourth-order valence-electron chi connectivity index (χ4n) is 3.62. The van der Waals surface area contributed by atoms with E-state index in [0.717, 1.165) is 18.9 Å². The highest BCUT2D eigenvalue weighted by molar-refractivity contribution is 4.83. The van der Waals surface area contributed by atoms with Crippen molar-refractivity contribution in [2.24, 2.45) is 11.3 Å². The van der Waals surface area contributed by atoms with Gasteiger partial charge in [-0.15, -0.1) is 0 Å². The summed E-state index contributed by atoms with van der Waals surface area (Å²) in [4.78, 5) is 0. The van der Waals surface area contributed by atoms with E-state index in [-0.39, 0.29) is 6.10 Å². The molecule has 2 fully saturated rings. The van der Waals surface area contributed by atoms with Crippen molar-refractivity contribution in [2.75, 3.05) is 6.54 Å². The van der Waals surface area contributed by atoms with Gasteiger partial charge in [0.05, 0.1) is 6.10 Å². The molecule has 0 aromatic carbocycles. The molecule has 0 radical (unpaired) electrons. The summed E-state index contributed by atoms with van der Waals surface area (Å²) in [5, 5.41) is 13.7. The molecule has 2 N–H and O–H groups in total. The predicted molar refractivity (Wildman–Crippen MR) is 76.6 cm³/mol. The van der Waals surface area contributed by atoms with Crippen LogP contribution in [0.4, 0.5) is 0 Å². The minimum Gasteiger partial charge on any atom is -0.392 e. The molecule has 106 valence electrons. The SMILES string of the molecule is CC1(C)CCC(NCC(O)CC2CCCC2)CC1. The molecule has 0 bridgehead atoms. The van der Waals surface area contributed by atoms with Gasteiger partial charge in [0.1, 0.15) is 0 Å². The lowest BCUT2D eigenvalue weighted by atomic mass is 9.75. The highest BCUT2D eigenvalue weighted by Crippen LogP contribution is 2.35. The van der Waals surface area contributed by atoms with Gasteiger partial charge in [-0.1, -0.05) is 39.5 Å². The van der Waals surface area contributed by atoms with Crippen molar-refractivity contribution in [1.82, 2.24) is 5.32 Å². The van der Waals surface area contributed by atoms with Gasteiger partial charge in [0.2, 0.25) is 0 Å². The summed E-state index contributed by atoms with van der Waals surface area (Å²) in [6, 6.07) is 0.649. The van der Waals surface area contributed by atoms with Gasteiger partial charge in [-0.2, -0.15) is 0 Å². The lowest BCUT2D eigenvalue weighted by Gasteiger charge is -2.35. The van der Waals surface area contributed by atoms with Gasteiger partial charge in [0.15, 0.2) is 0 Å². The van der Waals surface area contributed by atoms with E-state index in [0.29, 0.717) is 11.5 Å². The Kier molecular flexibility index (Phi) is 5.08. The quantitative estimate of drug-likeness (QED) is 0.786. The summed E-state index contributed by atoms with van der Waals surface area (Å²) in [6.45, 7) is 5.55. The predicted octanol–water partition coefficient (Wildman–Crippen LogP) is 3.49. The number of nitrogens with one attached hydrogen (secondary N) is 1. The van der Waals surface area contributed by atoms with Gasteiger partial charge < -0.3 is 10.4 Å². The van der Waals surface area contributed by atoms with E-state index in [4.69, 9.17) is 0 Å². The number of rotatable bonds is 5. The number of aliphatic hydroxyl groups is 1. The van der Waals surface area contributed by atoms with Gasteiger partial charge in [-0.05, 0) is 43.4 Å². The maximum absolute atomic E-state index is 10.1. The topological polar surface area (TPSA) is 32.3 Å². The lowest BCUT2D eigenvalue weighted by Crippen LogP contribution is -2.39. The molecule has 0 spiro atoms. The smallest absolute Gasteiger partial charge is 0.0667 e. The van der Waals surface area contributed by atoms with Crippen LogP contribution in [0, 0.1) is 11.3 Å². The standard InChI is InChI=1S/C16H31NO/c1-16(2)9-7-14(8-10-16)17-12-15(18)11-13-5-3-4-6-13/h13-15,17-18H,3-12H2,1-2H3. The molecule has 1 unspecified atom stereocenters. The molecule has 2 rings (SSSR count). The van der Waals surface area contributed by atoms with Crippen LogP contribution in [0.15, 0.2) is 0 Å². The molecule has 2 nitrogen and oxygen atoms in total. The Morgan fingerprint density at radius 1 is 1.11 bits per heavy atom. The van der Waals surface area contributed by atoms with Crippen molar-refractivity contribution in [1.29, 1.82) is 0 Å². The van der Waals surface area contributed by atoms with Gasteiger partial charge in [-0.25, -0.2) is 0 Å². The Labute approximate surface area is 113 Å². The first kappa shape index (κ1) is 14.3. The number of aliphatic hydroxyl groups excluding tert-OH is 1. The second-order valence-electron chi connectivity index (χ2n) is 7.39. The van der Waals surface area contributed by atoms with E-state index in [1.807, 2.05) is 0 Å². The molecule has 0 aromatic heterocycles. The molecule has 0 amide bonds. The van der Waals surface area contributed by atoms with Crippen LogP contribution in [0.2, 0.25) is 0 Å². The van der Waals surface area contributed by atoms with E-state index >= 15 is 0 Å². The van der Waals surface area contributed by atoms with Crippen molar-refractivity contribution in [3.63, 3.8) is 0 Å². The van der Waals surface area contributed by atoms with Crippen molar-refractivity contribution in [3.8, 4) is 0 Å². The molecule has 2 aliphatic carbocycles. The van der Waals surface area contributed by atoms with Crippen molar-refractivity contribution in [3.05, 3.63) is 0 Å². The van der Waals surface area contributed by atoms with E-state index < -0.39 is 0 Å². The third-order valence-electron chi connectivity index (χ3n) is 5.06. The van der Waals surface area contributed by atoms with Gasteiger partial charge in [0.25, 0.3) is 0 Å². The van der Waals surface area contributed by atoms with Gasteiger partial charge in [-0.3, -0.25) is 0 Å². The molecule has 2 aliphatic rings. The van der Waals surface area contributed by atoms with Gasteiger partial charge in [0, 0.05) is 12.6 Å². The number of hydrogen-bond acceptors (Lipinski definition) is 2. The molecule has 2 saturated carbocycles. The molecule has 0 heterocycles. The molecular formula is C16H31NO. The molecular weight excluding hydrogens is 222 g/mol. The highest BCUT2D eigenvalue weighted by Gasteiger charge is 2.27. The minimum atomic E-state index is -0.122. The fourth-order valence-corrected chi connectivity index (χ4v) is 3.62. The van der Waals surface area contributed by atoms with Crippen LogP contribution < -0.4 is 5.32 Å². The minimum absolute atomic E-state index is 0.122. The maximum atomic E-state index is 10.1. The zero-order valence-electron chi connectivity index (χ0n) is 12.3. The zero-order valence-corrected chi connectivity index (χ0v) is 12.3. The third-order valence-corrected chi connectivity index (χ3v) is 5.06. The van der Waals surface area contributed by atoms with Crippen LogP contribution in [-0.2, 0) is 0 Å². The van der Waals surface area contributed by atoms with E-state index in [1.165, 1.54) is 51.4 Å². The Balaban J connectivity index is 1.59. The van der Waals surface area contributed by atoms with Crippen LogP contribution in [-0.4, -0.2) is 23.8 Å². The van der Waals surface area contributed by atoms with Crippen molar-refractivity contribution in [2.45, 2.75) is 83.8 Å². The van der Waals surface area contributed by atoms with Crippen LogP contribution in [0.1, 0.15) is 71.6 Å². The molecule has 0 aliphatic heterocycles. The van der Waals surface area contributed by atoms with Crippen LogP contribution in [0.3, 0.4) is 0 Å². The summed E-state index contributed by atoms with van der Waals surface area (Å²) >= 11 is 0. The van der Waals surface area contributed by atoms with Crippen LogP contribution in [0.5, 0.6) is 0 Å². The first-order valence-electron chi connectivity index (χ1n) is 7.97. The Bertz CT molecular complexity index is 235. The molecule has 0 saturated heterocycles. The van der Waals surface area contributed by atoms with E-state index in [9.17, 15) is 5.11 Å². The first-order valence-corrected chi connectivity index (χ1v) is 7.97. The summed E-state index contributed by atoms with van der Waals surface area (Å²) < 4.78 is 0. The summed E-state index contributed by atoms with van der Waals surface area (Å²) in [5.74, 6) is 0.798. The molecule has 0 aromatic rings. The van der Waals surface area contributed by atoms with E-state index in [2.05, 4.69) is 19.2 Å². The molecule has 18 heavy (non-hydrogen) atoms. The second kappa shape index (κ2) is 6.38. The largest absolute Gasteiger partial charge is 0.392 e. The third kappa shape index (κ3) is 4.55. The van der Waals surface area contributed by atoms with Gasteiger partial charge >= 0.3 is 0 Å². The molecule has 2 heteroatoms. The fraction of sp³-hybridized carbons (Fsp3) is 1.00. The van der Waals surface area contributed by atoms with Crippen LogP contribution >= 0.6 is 0 Å². The van der Waals surface area contributed by atoms with E-state index in [1.54, 1.807) is 0 Å². The molecule has 1 atom stereocenters. The van der Waals surface area contributed by atoms with Crippen LogP contribution in [0.25, 0.3) is 0 Å². The first-order chi connectivity index (χ1) is 8.55. The monoisotopic (exact) mass is 253 g/mol. The average molecular weight is 253 g/mol. The lowest BCUT2D eigenvalue weighted by molar-refractivity contribution is 0.127. The number of hydrogen-bond donors (Lipinski definition) is 2. The Morgan fingerprint density at radius 2 is 1.72 bits per heavy atom. The Morgan fingerprint density at radius 3 is 2.33 bits per heavy atom. The summed E-state index contributed by atoms with van der Waals surface area (Å²) in [7, 11) is 0. The normalized spacial score (nSPS) is 27.5. The van der Waals surface area contributed by atoms with Crippen molar-refractivity contribution < 1.29 is 5.11 Å².